The van der Waals surface area contributed by atoms with Gasteiger partial charge in [-0.25, -0.2) is 0 Å². The zero-order chi connectivity index (χ0) is 15.2. The maximum Gasteiger partial charge on any atom is 0.307 e. The summed E-state index contributed by atoms with van der Waals surface area (Å²) in [5.41, 5.74) is 10.8. The van der Waals surface area contributed by atoms with Crippen molar-refractivity contribution in [2.75, 3.05) is 7.11 Å². The van der Waals surface area contributed by atoms with E-state index < -0.39 is 0 Å². The molecule has 0 bridgehead atoms. The van der Waals surface area contributed by atoms with Crippen LogP contribution in [-0.4, -0.2) is 13.1 Å². The van der Waals surface area contributed by atoms with Gasteiger partial charge in [-0.1, -0.05) is 48.5 Å². The van der Waals surface area contributed by atoms with Crippen LogP contribution in [0.2, 0.25) is 0 Å². The molecule has 0 aliphatic heterocycles. The van der Waals surface area contributed by atoms with Crippen molar-refractivity contribution in [2.45, 2.75) is 25.8 Å². The number of benzene rings is 2. The number of esters is 1. The third-order valence-electron chi connectivity index (χ3n) is 3.65. The first-order valence-electron chi connectivity index (χ1n) is 7.06. The van der Waals surface area contributed by atoms with Crippen molar-refractivity contribution in [1.82, 2.24) is 0 Å². The van der Waals surface area contributed by atoms with Crippen molar-refractivity contribution in [1.29, 1.82) is 0 Å². The molecular weight excluding hydrogens is 262 g/mol. The molecule has 0 saturated carbocycles. The van der Waals surface area contributed by atoms with Crippen LogP contribution in [0, 0.1) is 6.92 Å². The molecule has 0 spiro atoms. The van der Waals surface area contributed by atoms with Crippen molar-refractivity contribution in [3.63, 3.8) is 0 Å². The van der Waals surface area contributed by atoms with Crippen molar-refractivity contribution >= 4 is 5.97 Å². The topological polar surface area (TPSA) is 52.3 Å². The molecule has 110 valence electrons. The van der Waals surface area contributed by atoms with Crippen LogP contribution in [0.4, 0.5) is 0 Å². The van der Waals surface area contributed by atoms with Crippen LogP contribution < -0.4 is 5.73 Å². The number of nitrogens with two attached hydrogens (primary N) is 1. The maximum absolute atomic E-state index is 11.3. The summed E-state index contributed by atoms with van der Waals surface area (Å²) >= 11 is 0. The predicted molar refractivity (Wildman–Crippen MR) is 84.0 cm³/mol. The van der Waals surface area contributed by atoms with Gasteiger partial charge in [-0.15, -0.1) is 0 Å². The van der Waals surface area contributed by atoms with E-state index in [-0.39, 0.29) is 18.4 Å². The molecule has 0 aliphatic carbocycles. The Bertz CT molecular complexity index is 622. The lowest BCUT2D eigenvalue weighted by Gasteiger charge is -2.13. The van der Waals surface area contributed by atoms with Gasteiger partial charge in [0.1, 0.15) is 0 Å². The summed E-state index contributed by atoms with van der Waals surface area (Å²) in [6.07, 6.45) is 1.07. The van der Waals surface area contributed by atoms with Gasteiger partial charge in [0.2, 0.25) is 0 Å². The van der Waals surface area contributed by atoms with E-state index in [0.717, 1.165) is 12.0 Å². The Hall–Kier alpha value is -2.13. The molecule has 3 heteroatoms. The molecule has 0 saturated heterocycles. The number of hydrogen-bond acceptors (Lipinski definition) is 3. The second kappa shape index (κ2) is 7.04. The summed E-state index contributed by atoms with van der Waals surface area (Å²) in [5.74, 6) is -0.285. The number of hydrogen-bond donors (Lipinski definition) is 1. The van der Waals surface area contributed by atoms with Crippen LogP contribution in [0.1, 0.15) is 34.7 Å². The van der Waals surface area contributed by atoms with Gasteiger partial charge < -0.3 is 10.5 Å². The number of carbonyl (C=O) groups excluding carboxylic acids is 1. The molecule has 0 aromatic heterocycles. The van der Waals surface area contributed by atoms with Crippen LogP contribution in [0.25, 0.3) is 0 Å². The first kappa shape index (κ1) is 15.3. The molecule has 2 aromatic carbocycles. The zero-order valence-electron chi connectivity index (χ0n) is 12.5. The summed E-state index contributed by atoms with van der Waals surface area (Å²) in [6, 6.07) is 16.1. The minimum absolute atomic E-state index is 0.199. The number of ether oxygens (including phenoxy) is 1. The first-order valence-corrected chi connectivity index (χ1v) is 7.06. The van der Waals surface area contributed by atoms with Crippen LogP contribution in [0.15, 0.2) is 48.5 Å². The van der Waals surface area contributed by atoms with Crippen molar-refractivity contribution < 1.29 is 9.53 Å². The van der Waals surface area contributed by atoms with Crippen LogP contribution >= 0.6 is 0 Å². The molecule has 2 aromatic rings. The lowest BCUT2D eigenvalue weighted by atomic mass is 9.97. The van der Waals surface area contributed by atoms with Gasteiger partial charge in [-0.2, -0.15) is 0 Å². The Morgan fingerprint density at radius 2 is 1.95 bits per heavy atom. The lowest BCUT2D eigenvalue weighted by Crippen LogP contribution is -2.16. The number of rotatable bonds is 5. The highest BCUT2D eigenvalue weighted by Gasteiger charge is 2.12. The van der Waals surface area contributed by atoms with E-state index in [1.807, 2.05) is 18.2 Å². The average molecular weight is 283 g/mol. The van der Waals surface area contributed by atoms with Gasteiger partial charge in [0.25, 0.3) is 0 Å². The Labute approximate surface area is 125 Å². The van der Waals surface area contributed by atoms with E-state index in [9.17, 15) is 4.79 Å². The Morgan fingerprint density at radius 3 is 2.67 bits per heavy atom. The van der Waals surface area contributed by atoms with Crippen LogP contribution in [0.5, 0.6) is 0 Å². The van der Waals surface area contributed by atoms with Gasteiger partial charge >= 0.3 is 5.97 Å². The van der Waals surface area contributed by atoms with Gasteiger partial charge in [-0.05, 0) is 35.6 Å². The second-order valence-corrected chi connectivity index (χ2v) is 5.24. The summed E-state index contributed by atoms with van der Waals surface area (Å²) in [5, 5.41) is 0. The van der Waals surface area contributed by atoms with E-state index in [4.69, 9.17) is 5.73 Å². The zero-order valence-corrected chi connectivity index (χ0v) is 12.5. The fraction of sp³-hybridized carbons (Fsp3) is 0.278. The Balaban J connectivity index is 2.14. The molecule has 0 aliphatic rings. The summed E-state index contributed by atoms with van der Waals surface area (Å²) in [4.78, 5) is 11.3. The lowest BCUT2D eigenvalue weighted by molar-refractivity contribution is -0.141. The quantitative estimate of drug-likeness (QED) is 0.858. The SMILES string of the molecule is COC(=O)CC(N)c1cccc(Cc2ccccc2C)c1. The number of aryl methyl sites for hydroxylation is 1. The molecule has 0 radical (unpaired) electrons. The molecule has 3 nitrogen and oxygen atoms in total. The van der Waals surface area contributed by atoms with E-state index >= 15 is 0 Å². The largest absolute Gasteiger partial charge is 0.469 e. The smallest absolute Gasteiger partial charge is 0.307 e. The van der Waals surface area contributed by atoms with Crippen LogP contribution in [0.3, 0.4) is 0 Å². The molecule has 2 rings (SSSR count). The Morgan fingerprint density at radius 1 is 1.19 bits per heavy atom. The fourth-order valence-electron chi connectivity index (χ4n) is 2.34. The summed E-state index contributed by atoms with van der Waals surface area (Å²) in [6.45, 7) is 2.11. The normalized spacial score (nSPS) is 12.0. The van der Waals surface area contributed by atoms with E-state index in [1.165, 1.54) is 23.8 Å². The third kappa shape index (κ3) is 4.17. The van der Waals surface area contributed by atoms with Crippen molar-refractivity contribution in [3.8, 4) is 0 Å². The number of methoxy groups -OCH3 is 1. The van der Waals surface area contributed by atoms with E-state index in [2.05, 4.69) is 42.0 Å². The minimum Gasteiger partial charge on any atom is -0.469 e. The van der Waals surface area contributed by atoms with Gasteiger partial charge in [-0.3, -0.25) is 4.79 Å². The average Bonchev–Trinajstić information content (AvgIpc) is 2.49. The molecule has 1 atom stereocenters. The van der Waals surface area contributed by atoms with Gasteiger partial charge in [0.15, 0.2) is 0 Å². The van der Waals surface area contributed by atoms with Crippen LogP contribution in [-0.2, 0) is 16.0 Å². The molecule has 2 N–H and O–H groups in total. The van der Waals surface area contributed by atoms with Gasteiger partial charge in [0.05, 0.1) is 13.5 Å². The summed E-state index contributed by atoms with van der Waals surface area (Å²) < 4.78 is 4.67. The van der Waals surface area contributed by atoms with Crippen molar-refractivity contribution in [2.24, 2.45) is 5.73 Å². The monoisotopic (exact) mass is 283 g/mol. The Kier molecular flexibility index (Phi) is 5.12. The summed E-state index contributed by atoms with van der Waals surface area (Å²) in [7, 11) is 1.38. The highest BCUT2D eigenvalue weighted by atomic mass is 16.5. The highest BCUT2D eigenvalue weighted by Crippen LogP contribution is 2.19. The molecular formula is C18H21NO2. The first-order chi connectivity index (χ1) is 10.1. The minimum atomic E-state index is -0.325. The third-order valence-corrected chi connectivity index (χ3v) is 3.65. The highest BCUT2D eigenvalue weighted by molar-refractivity contribution is 5.70. The van der Waals surface area contributed by atoms with Gasteiger partial charge in [0, 0.05) is 6.04 Å². The molecule has 1 unspecified atom stereocenters. The predicted octanol–water partition coefficient (Wildman–Crippen LogP) is 3.15. The standard InChI is InChI=1S/C18H21NO2/c1-13-6-3-4-8-15(13)10-14-7-5-9-16(11-14)17(19)12-18(20)21-2/h3-9,11,17H,10,12,19H2,1-2H3. The number of carbonyl (C=O) groups is 1. The fourth-order valence-corrected chi connectivity index (χ4v) is 2.34. The molecule has 0 fully saturated rings. The second-order valence-electron chi connectivity index (χ2n) is 5.24. The van der Waals surface area contributed by atoms with E-state index in [0.29, 0.717) is 0 Å². The molecule has 0 amide bonds. The van der Waals surface area contributed by atoms with E-state index in [1.54, 1.807) is 0 Å². The maximum atomic E-state index is 11.3. The van der Waals surface area contributed by atoms with Crippen molar-refractivity contribution in [3.05, 3.63) is 70.8 Å². The molecule has 21 heavy (non-hydrogen) atoms. The molecule has 0 heterocycles.